The number of rotatable bonds is 4. The van der Waals surface area contributed by atoms with E-state index >= 15 is 0 Å². The summed E-state index contributed by atoms with van der Waals surface area (Å²) in [4.78, 5) is 11.2. The van der Waals surface area contributed by atoms with E-state index in [9.17, 15) is 9.90 Å². The SMILES string of the molecule is CC(=O)O[C@H]1CCC[C@H]1C[C@@H](C)[C@H]1CC[C@H](C)[C@@H](O)C1. The van der Waals surface area contributed by atoms with Gasteiger partial charge in [0.25, 0.3) is 0 Å². The fraction of sp³-hybridized carbons (Fsp3) is 0.941. The lowest BCUT2D eigenvalue weighted by Crippen LogP contribution is -2.32. The van der Waals surface area contributed by atoms with Crippen molar-refractivity contribution in [2.24, 2.45) is 23.7 Å². The molecule has 2 saturated carbocycles. The Morgan fingerprint density at radius 1 is 1.30 bits per heavy atom. The number of hydrogen-bond donors (Lipinski definition) is 1. The van der Waals surface area contributed by atoms with E-state index in [2.05, 4.69) is 13.8 Å². The molecule has 0 saturated heterocycles. The van der Waals surface area contributed by atoms with Gasteiger partial charge in [-0.1, -0.05) is 13.8 Å². The van der Waals surface area contributed by atoms with E-state index in [-0.39, 0.29) is 18.2 Å². The van der Waals surface area contributed by atoms with E-state index in [1.54, 1.807) is 0 Å². The normalized spacial score (nSPS) is 39.5. The Balaban J connectivity index is 1.84. The summed E-state index contributed by atoms with van der Waals surface area (Å²) >= 11 is 0. The average Bonchev–Trinajstić information content (AvgIpc) is 2.79. The number of hydrogen-bond acceptors (Lipinski definition) is 3. The molecule has 0 spiro atoms. The first-order valence-electron chi connectivity index (χ1n) is 8.32. The minimum Gasteiger partial charge on any atom is -0.462 e. The second kappa shape index (κ2) is 6.93. The summed E-state index contributed by atoms with van der Waals surface area (Å²) in [6.07, 6.45) is 7.90. The van der Waals surface area contributed by atoms with Crippen LogP contribution < -0.4 is 0 Å². The fourth-order valence-electron chi connectivity index (χ4n) is 4.16. The lowest BCUT2D eigenvalue weighted by Gasteiger charge is -2.36. The Labute approximate surface area is 123 Å². The largest absolute Gasteiger partial charge is 0.462 e. The molecule has 3 nitrogen and oxygen atoms in total. The predicted octanol–water partition coefficient (Wildman–Crippen LogP) is 3.54. The summed E-state index contributed by atoms with van der Waals surface area (Å²) in [6, 6.07) is 0. The first-order chi connectivity index (χ1) is 9.47. The second-order valence-corrected chi connectivity index (χ2v) is 7.17. The van der Waals surface area contributed by atoms with Crippen molar-refractivity contribution in [2.75, 3.05) is 0 Å². The van der Waals surface area contributed by atoms with Crippen LogP contribution in [0.25, 0.3) is 0 Å². The predicted molar refractivity (Wildman–Crippen MR) is 79.2 cm³/mol. The minimum atomic E-state index is -0.142. The molecule has 3 heteroatoms. The van der Waals surface area contributed by atoms with Crippen LogP contribution in [0.1, 0.15) is 65.7 Å². The van der Waals surface area contributed by atoms with Crippen LogP contribution in [0.15, 0.2) is 0 Å². The second-order valence-electron chi connectivity index (χ2n) is 7.17. The molecular weight excluding hydrogens is 252 g/mol. The third-order valence-electron chi connectivity index (χ3n) is 5.58. The Bertz CT molecular complexity index is 328. The molecule has 6 atom stereocenters. The molecular formula is C17H30O3. The molecule has 0 aromatic heterocycles. The first-order valence-corrected chi connectivity index (χ1v) is 8.32. The molecule has 2 rings (SSSR count). The quantitative estimate of drug-likeness (QED) is 0.802. The lowest BCUT2D eigenvalue weighted by atomic mass is 9.73. The maximum atomic E-state index is 11.2. The summed E-state index contributed by atoms with van der Waals surface area (Å²) in [5.41, 5.74) is 0. The van der Waals surface area contributed by atoms with Crippen LogP contribution in [0.3, 0.4) is 0 Å². The zero-order valence-electron chi connectivity index (χ0n) is 13.2. The van der Waals surface area contributed by atoms with Crippen molar-refractivity contribution < 1.29 is 14.6 Å². The van der Waals surface area contributed by atoms with Gasteiger partial charge in [-0.05, 0) is 68.6 Å². The minimum absolute atomic E-state index is 0.121. The van der Waals surface area contributed by atoms with Gasteiger partial charge in [0.15, 0.2) is 0 Å². The van der Waals surface area contributed by atoms with Crippen molar-refractivity contribution in [3.63, 3.8) is 0 Å². The molecule has 0 bridgehead atoms. The molecule has 0 aliphatic heterocycles. The van der Waals surface area contributed by atoms with Crippen molar-refractivity contribution in [2.45, 2.75) is 77.9 Å². The Kier molecular flexibility index (Phi) is 5.48. The zero-order valence-corrected chi connectivity index (χ0v) is 13.2. The summed E-state index contributed by atoms with van der Waals surface area (Å²) in [7, 11) is 0. The van der Waals surface area contributed by atoms with Crippen LogP contribution in [0.4, 0.5) is 0 Å². The van der Waals surface area contributed by atoms with E-state index < -0.39 is 0 Å². The highest BCUT2D eigenvalue weighted by atomic mass is 16.5. The molecule has 2 aliphatic carbocycles. The molecule has 2 fully saturated rings. The number of aliphatic hydroxyl groups is 1. The summed E-state index contributed by atoms with van der Waals surface area (Å²) in [5.74, 6) is 2.11. The molecule has 0 aromatic carbocycles. The van der Waals surface area contributed by atoms with Crippen molar-refractivity contribution in [1.29, 1.82) is 0 Å². The van der Waals surface area contributed by atoms with Crippen LogP contribution in [0.2, 0.25) is 0 Å². The molecule has 0 unspecified atom stereocenters. The van der Waals surface area contributed by atoms with Gasteiger partial charge in [0.1, 0.15) is 6.10 Å². The van der Waals surface area contributed by atoms with Crippen molar-refractivity contribution in [3.05, 3.63) is 0 Å². The Morgan fingerprint density at radius 2 is 2.05 bits per heavy atom. The van der Waals surface area contributed by atoms with E-state index in [0.717, 1.165) is 25.7 Å². The van der Waals surface area contributed by atoms with E-state index in [1.165, 1.54) is 26.2 Å². The summed E-state index contributed by atoms with van der Waals surface area (Å²) < 4.78 is 5.46. The van der Waals surface area contributed by atoms with Gasteiger partial charge in [0.05, 0.1) is 6.10 Å². The van der Waals surface area contributed by atoms with Crippen LogP contribution in [0.5, 0.6) is 0 Å². The first kappa shape index (κ1) is 15.8. The summed E-state index contributed by atoms with van der Waals surface area (Å²) in [6.45, 7) is 5.98. The van der Waals surface area contributed by atoms with Gasteiger partial charge >= 0.3 is 5.97 Å². The molecule has 0 radical (unpaired) electrons. The van der Waals surface area contributed by atoms with Crippen LogP contribution in [-0.4, -0.2) is 23.3 Å². The Hall–Kier alpha value is -0.570. The molecule has 2 aliphatic rings. The van der Waals surface area contributed by atoms with Crippen LogP contribution in [0, 0.1) is 23.7 Å². The van der Waals surface area contributed by atoms with Crippen LogP contribution in [-0.2, 0) is 9.53 Å². The number of carbonyl (C=O) groups is 1. The monoisotopic (exact) mass is 282 g/mol. The van der Waals surface area contributed by atoms with E-state index in [1.807, 2.05) is 0 Å². The van der Waals surface area contributed by atoms with Crippen molar-refractivity contribution >= 4 is 5.97 Å². The standard InChI is InChI=1S/C17H30O3/c1-11-7-8-14(10-16(11)19)12(2)9-15-5-4-6-17(15)20-13(3)18/h11-12,14-17,19H,4-10H2,1-3H3/t11-,12+,14-,15-,16-,17-/m0/s1. The van der Waals surface area contributed by atoms with E-state index in [0.29, 0.717) is 23.7 Å². The van der Waals surface area contributed by atoms with Gasteiger partial charge in [-0.15, -0.1) is 0 Å². The van der Waals surface area contributed by atoms with Gasteiger partial charge < -0.3 is 9.84 Å². The highest BCUT2D eigenvalue weighted by Gasteiger charge is 2.35. The van der Waals surface area contributed by atoms with Gasteiger partial charge in [-0.25, -0.2) is 0 Å². The van der Waals surface area contributed by atoms with E-state index in [4.69, 9.17) is 4.74 Å². The topological polar surface area (TPSA) is 46.5 Å². The van der Waals surface area contributed by atoms with Crippen LogP contribution >= 0.6 is 0 Å². The molecule has 20 heavy (non-hydrogen) atoms. The van der Waals surface area contributed by atoms with Crippen molar-refractivity contribution in [3.8, 4) is 0 Å². The molecule has 0 amide bonds. The number of aliphatic hydroxyl groups excluding tert-OH is 1. The summed E-state index contributed by atoms with van der Waals surface area (Å²) in [5, 5.41) is 10.1. The van der Waals surface area contributed by atoms with Crippen molar-refractivity contribution in [1.82, 2.24) is 0 Å². The van der Waals surface area contributed by atoms with Gasteiger partial charge in [-0.2, -0.15) is 0 Å². The number of esters is 1. The third-order valence-corrected chi connectivity index (χ3v) is 5.58. The van der Waals surface area contributed by atoms with Gasteiger partial charge in [0.2, 0.25) is 0 Å². The average molecular weight is 282 g/mol. The molecule has 0 heterocycles. The number of ether oxygens (including phenoxy) is 1. The zero-order chi connectivity index (χ0) is 14.7. The highest BCUT2D eigenvalue weighted by Crippen LogP contribution is 2.40. The Morgan fingerprint density at radius 3 is 2.70 bits per heavy atom. The maximum Gasteiger partial charge on any atom is 0.302 e. The van der Waals surface area contributed by atoms with Gasteiger partial charge in [0, 0.05) is 6.92 Å². The van der Waals surface area contributed by atoms with Gasteiger partial charge in [-0.3, -0.25) is 4.79 Å². The molecule has 116 valence electrons. The number of carbonyl (C=O) groups excluding carboxylic acids is 1. The molecule has 1 N–H and O–H groups in total. The maximum absolute atomic E-state index is 11.2. The fourth-order valence-corrected chi connectivity index (χ4v) is 4.16. The smallest absolute Gasteiger partial charge is 0.302 e. The molecule has 0 aromatic rings. The third kappa shape index (κ3) is 3.97. The lowest BCUT2D eigenvalue weighted by molar-refractivity contribution is -0.148. The highest BCUT2D eigenvalue weighted by molar-refractivity contribution is 5.66.